The fourth-order valence-electron chi connectivity index (χ4n) is 2.93. The number of nitrogens with zero attached hydrogens (tertiary/aromatic N) is 1. The number of hydrogen-bond donors (Lipinski definition) is 1. The number of anilines is 2. The van der Waals surface area contributed by atoms with Gasteiger partial charge in [0.15, 0.2) is 0 Å². The summed E-state index contributed by atoms with van der Waals surface area (Å²) in [6.45, 7) is 1.53. The van der Waals surface area contributed by atoms with E-state index in [1.165, 1.54) is 0 Å². The smallest absolute Gasteiger partial charge is 0.245 e. The van der Waals surface area contributed by atoms with Gasteiger partial charge in [0.25, 0.3) is 0 Å². The van der Waals surface area contributed by atoms with Crippen molar-refractivity contribution < 1.29 is 13.2 Å². The number of carbonyl (C=O) groups is 1. The summed E-state index contributed by atoms with van der Waals surface area (Å²) < 4.78 is 25.6. The fourth-order valence-corrected chi connectivity index (χ4v) is 3.85. The topological polar surface area (TPSA) is 66.5 Å². The molecule has 28 heavy (non-hydrogen) atoms. The summed E-state index contributed by atoms with van der Waals surface area (Å²) in [5.41, 5.74) is 4.02. The molecular formula is C22H22N2O3S. The lowest BCUT2D eigenvalue weighted by Crippen LogP contribution is -2.37. The zero-order valence-corrected chi connectivity index (χ0v) is 16.6. The first kappa shape index (κ1) is 19.6. The molecule has 0 atom stereocenters. The molecule has 3 aromatic rings. The monoisotopic (exact) mass is 394 g/mol. The molecule has 0 fully saturated rings. The Morgan fingerprint density at radius 1 is 0.857 bits per heavy atom. The van der Waals surface area contributed by atoms with E-state index >= 15 is 0 Å². The number of carbonyl (C=O) groups excluding carboxylic acids is 1. The maximum Gasteiger partial charge on any atom is 0.245 e. The first-order valence-corrected chi connectivity index (χ1v) is 10.7. The van der Waals surface area contributed by atoms with E-state index in [2.05, 4.69) is 5.32 Å². The summed E-state index contributed by atoms with van der Waals surface area (Å²) in [4.78, 5) is 12.5. The third-order valence-electron chi connectivity index (χ3n) is 4.35. The lowest BCUT2D eigenvalue weighted by atomic mass is 10.1. The van der Waals surface area contributed by atoms with E-state index in [0.717, 1.165) is 27.3 Å². The second-order valence-corrected chi connectivity index (χ2v) is 8.45. The van der Waals surface area contributed by atoms with E-state index in [-0.39, 0.29) is 6.54 Å². The standard InChI is InChI=1S/C22H22N2O3S/c1-17-8-6-7-11-21(17)24(28(2,26)27)16-22(25)23-20-14-12-19(13-15-20)18-9-4-3-5-10-18/h3-15H,16H2,1-2H3,(H,23,25). The van der Waals surface area contributed by atoms with Gasteiger partial charge < -0.3 is 5.32 Å². The molecule has 3 aromatic carbocycles. The Hall–Kier alpha value is -3.12. The highest BCUT2D eigenvalue weighted by atomic mass is 32.2. The molecule has 0 heterocycles. The molecule has 0 saturated carbocycles. The highest BCUT2D eigenvalue weighted by Gasteiger charge is 2.22. The van der Waals surface area contributed by atoms with E-state index in [9.17, 15) is 13.2 Å². The van der Waals surface area contributed by atoms with Crippen molar-refractivity contribution in [3.8, 4) is 11.1 Å². The van der Waals surface area contributed by atoms with E-state index in [4.69, 9.17) is 0 Å². The molecule has 0 aliphatic carbocycles. The molecule has 1 N–H and O–H groups in total. The summed E-state index contributed by atoms with van der Waals surface area (Å²) in [5, 5.41) is 2.77. The van der Waals surface area contributed by atoms with Gasteiger partial charge in [-0.25, -0.2) is 8.42 Å². The molecule has 6 heteroatoms. The number of sulfonamides is 1. The van der Waals surface area contributed by atoms with Crippen LogP contribution in [0.5, 0.6) is 0 Å². The number of amides is 1. The van der Waals surface area contributed by atoms with Crippen molar-refractivity contribution in [1.29, 1.82) is 0 Å². The Morgan fingerprint density at radius 2 is 1.43 bits per heavy atom. The van der Waals surface area contributed by atoms with Crippen LogP contribution in [0.3, 0.4) is 0 Å². The molecule has 5 nitrogen and oxygen atoms in total. The minimum absolute atomic E-state index is 0.288. The minimum atomic E-state index is -3.60. The Balaban J connectivity index is 1.74. The summed E-state index contributed by atoms with van der Waals surface area (Å²) in [6, 6.07) is 24.4. The molecule has 1 amide bonds. The van der Waals surface area contributed by atoms with Crippen molar-refractivity contribution in [2.24, 2.45) is 0 Å². The number of rotatable bonds is 6. The van der Waals surface area contributed by atoms with Crippen LogP contribution in [0.25, 0.3) is 11.1 Å². The zero-order valence-electron chi connectivity index (χ0n) is 15.8. The zero-order chi connectivity index (χ0) is 20.1. The van der Waals surface area contributed by atoms with Crippen molar-refractivity contribution in [2.75, 3.05) is 22.4 Å². The molecule has 0 aromatic heterocycles. The highest BCUT2D eigenvalue weighted by Crippen LogP contribution is 2.23. The van der Waals surface area contributed by atoms with E-state index in [0.29, 0.717) is 11.4 Å². The van der Waals surface area contributed by atoms with Gasteiger partial charge in [-0.3, -0.25) is 9.10 Å². The number of aryl methyl sites for hydroxylation is 1. The molecule has 144 valence electrons. The Labute approximate surface area is 165 Å². The maximum absolute atomic E-state index is 12.5. The van der Waals surface area contributed by atoms with E-state index in [1.807, 2.05) is 61.5 Å². The van der Waals surface area contributed by atoms with Crippen LogP contribution < -0.4 is 9.62 Å². The molecule has 0 saturated heterocycles. The molecular weight excluding hydrogens is 372 g/mol. The largest absolute Gasteiger partial charge is 0.325 e. The number of hydrogen-bond acceptors (Lipinski definition) is 3. The molecule has 0 radical (unpaired) electrons. The van der Waals surface area contributed by atoms with Crippen LogP contribution in [0.4, 0.5) is 11.4 Å². The summed E-state index contributed by atoms with van der Waals surface area (Å²) >= 11 is 0. The number of para-hydroxylation sites is 1. The van der Waals surface area contributed by atoms with Crippen molar-refractivity contribution in [3.05, 3.63) is 84.4 Å². The average Bonchev–Trinajstić information content (AvgIpc) is 2.67. The van der Waals surface area contributed by atoms with Crippen LogP contribution in [0.1, 0.15) is 5.56 Å². The summed E-state index contributed by atoms with van der Waals surface area (Å²) in [6.07, 6.45) is 1.10. The normalized spacial score (nSPS) is 11.1. The first-order valence-electron chi connectivity index (χ1n) is 8.83. The van der Waals surface area contributed by atoms with Gasteiger partial charge >= 0.3 is 0 Å². The fraction of sp³-hybridized carbons (Fsp3) is 0.136. The maximum atomic E-state index is 12.5. The van der Waals surface area contributed by atoms with Crippen LogP contribution >= 0.6 is 0 Å². The van der Waals surface area contributed by atoms with Gasteiger partial charge in [0.1, 0.15) is 6.54 Å². The van der Waals surface area contributed by atoms with E-state index < -0.39 is 15.9 Å². The molecule has 3 rings (SSSR count). The minimum Gasteiger partial charge on any atom is -0.325 e. The van der Waals surface area contributed by atoms with E-state index in [1.54, 1.807) is 24.3 Å². The van der Waals surface area contributed by atoms with Gasteiger partial charge in [0, 0.05) is 5.69 Å². The number of benzene rings is 3. The predicted octanol–water partition coefficient (Wildman–Crippen LogP) is 4.07. The highest BCUT2D eigenvalue weighted by molar-refractivity contribution is 7.92. The lowest BCUT2D eigenvalue weighted by molar-refractivity contribution is -0.114. The summed E-state index contributed by atoms with van der Waals surface area (Å²) in [5.74, 6) is -0.402. The summed E-state index contributed by atoms with van der Waals surface area (Å²) in [7, 11) is -3.60. The molecule has 0 unspecified atom stereocenters. The van der Waals surface area contributed by atoms with Crippen LogP contribution in [-0.4, -0.2) is 27.1 Å². The van der Waals surface area contributed by atoms with Crippen LogP contribution in [0.2, 0.25) is 0 Å². The molecule has 0 aliphatic rings. The number of nitrogens with one attached hydrogen (secondary N) is 1. The van der Waals surface area contributed by atoms with Crippen molar-refractivity contribution in [3.63, 3.8) is 0 Å². The van der Waals surface area contributed by atoms with Crippen molar-refractivity contribution in [2.45, 2.75) is 6.92 Å². The van der Waals surface area contributed by atoms with Gasteiger partial charge in [0.2, 0.25) is 15.9 Å². The third-order valence-corrected chi connectivity index (χ3v) is 5.47. The Bertz CT molecular complexity index is 1060. The second kappa shape index (κ2) is 8.27. The third kappa shape index (κ3) is 4.78. The van der Waals surface area contributed by atoms with Crippen LogP contribution in [0.15, 0.2) is 78.9 Å². The predicted molar refractivity (Wildman–Crippen MR) is 114 cm³/mol. The second-order valence-electron chi connectivity index (χ2n) is 6.55. The SMILES string of the molecule is Cc1ccccc1N(CC(=O)Nc1ccc(-c2ccccc2)cc1)S(C)(=O)=O. The average molecular weight is 394 g/mol. The molecule has 0 bridgehead atoms. The van der Waals surface area contributed by atoms with Crippen LogP contribution in [-0.2, 0) is 14.8 Å². The lowest BCUT2D eigenvalue weighted by Gasteiger charge is -2.23. The van der Waals surface area contributed by atoms with Gasteiger partial charge in [-0.1, -0.05) is 60.7 Å². The molecule has 0 spiro atoms. The Kier molecular flexibility index (Phi) is 5.80. The van der Waals surface area contributed by atoms with Gasteiger partial charge in [-0.2, -0.15) is 0 Å². The van der Waals surface area contributed by atoms with Crippen molar-refractivity contribution in [1.82, 2.24) is 0 Å². The van der Waals surface area contributed by atoms with Gasteiger partial charge in [0.05, 0.1) is 11.9 Å². The van der Waals surface area contributed by atoms with Gasteiger partial charge in [-0.15, -0.1) is 0 Å². The van der Waals surface area contributed by atoms with Gasteiger partial charge in [-0.05, 0) is 41.8 Å². The van der Waals surface area contributed by atoms with Crippen LogP contribution in [0, 0.1) is 6.92 Å². The Morgan fingerprint density at radius 3 is 2.04 bits per heavy atom. The molecule has 0 aliphatic heterocycles. The first-order chi connectivity index (χ1) is 13.3. The quantitative estimate of drug-likeness (QED) is 0.685. The van der Waals surface area contributed by atoms with Crippen molar-refractivity contribution >= 4 is 27.3 Å².